The number of hydrogen-bond donors (Lipinski definition) is 1. The lowest BCUT2D eigenvalue weighted by Crippen LogP contribution is -2.44. The summed E-state index contributed by atoms with van der Waals surface area (Å²) in [5.74, 6) is 2.70. The second-order valence-corrected chi connectivity index (χ2v) is 9.78. The van der Waals surface area contributed by atoms with Gasteiger partial charge in [0.2, 0.25) is 5.91 Å². The highest BCUT2D eigenvalue weighted by Gasteiger charge is 2.43. The van der Waals surface area contributed by atoms with Gasteiger partial charge in [-0.15, -0.1) is 0 Å². The number of nitrogens with one attached hydrogen (secondary N) is 1. The van der Waals surface area contributed by atoms with Crippen LogP contribution in [0.3, 0.4) is 0 Å². The second-order valence-electron chi connectivity index (χ2n) is 9.78. The average molecular weight is 435 g/mol. The van der Waals surface area contributed by atoms with Crippen molar-refractivity contribution in [3.05, 3.63) is 24.5 Å². The fourth-order valence-electron chi connectivity index (χ4n) is 5.05. The number of imidazole rings is 1. The predicted octanol–water partition coefficient (Wildman–Crippen LogP) is 3.06. The molecule has 3 aromatic rings. The second kappa shape index (κ2) is 7.79. The van der Waals surface area contributed by atoms with Gasteiger partial charge in [-0.3, -0.25) is 4.79 Å². The average Bonchev–Trinajstić information content (AvgIpc) is 3.37. The Morgan fingerprint density at radius 3 is 2.62 bits per heavy atom. The quantitative estimate of drug-likeness (QED) is 0.658. The molecular weight excluding hydrogens is 404 g/mol. The molecule has 1 amide bonds. The number of carbonyl (C=O) groups is 1. The van der Waals surface area contributed by atoms with Gasteiger partial charge in [0.05, 0.1) is 5.56 Å². The minimum Gasteiger partial charge on any atom is -0.364 e. The molecule has 9 nitrogen and oxygen atoms in total. The van der Waals surface area contributed by atoms with Crippen LogP contribution in [0.4, 0.5) is 5.82 Å². The maximum Gasteiger partial charge on any atom is 0.225 e. The Kier molecular flexibility index (Phi) is 5.06. The molecule has 1 atom stereocenters. The molecule has 1 saturated carbocycles. The molecule has 5 rings (SSSR count). The summed E-state index contributed by atoms with van der Waals surface area (Å²) in [7, 11) is 0. The number of nitrogens with zero attached hydrogens (tertiary/aromatic N) is 7. The normalized spacial score (nSPS) is 20.5. The van der Waals surface area contributed by atoms with Crippen LogP contribution in [0.25, 0.3) is 22.6 Å². The van der Waals surface area contributed by atoms with Gasteiger partial charge in [-0.05, 0) is 38.5 Å². The minimum atomic E-state index is 0.156. The zero-order chi connectivity index (χ0) is 22.5. The van der Waals surface area contributed by atoms with Crippen LogP contribution in [0.2, 0.25) is 0 Å². The summed E-state index contributed by atoms with van der Waals surface area (Å²) < 4.78 is 2.05. The summed E-state index contributed by atoms with van der Waals surface area (Å²) in [6, 6.07) is 0.156. The third kappa shape index (κ3) is 3.69. The molecule has 2 fully saturated rings. The number of hydrogen-bond acceptors (Lipinski definition) is 7. The van der Waals surface area contributed by atoms with Crippen LogP contribution in [-0.2, 0) is 11.3 Å². The Morgan fingerprint density at radius 1 is 1.19 bits per heavy atom. The first kappa shape index (κ1) is 20.8. The van der Waals surface area contributed by atoms with E-state index in [0.717, 1.165) is 60.7 Å². The van der Waals surface area contributed by atoms with Gasteiger partial charge in [-0.25, -0.2) is 24.9 Å². The van der Waals surface area contributed by atoms with E-state index in [0.29, 0.717) is 23.7 Å². The number of rotatable bonds is 5. The minimum absolute atomic E-state index is 0.156. The van der Waals surface area contributed by atoms with Gasteiger partial charge >= 0.3 is 0 Å². The standard InChI is InChI=1S/C23H30N8O/c1-5-31-20(16-10-24-14(2)25-11-16)29-18-19(26-13-27-21(18)31)28-17-6-7-30(12-17)22(32)15-8-23(3,4)9-15/h10-11,13,15,17H,5-9,12H2,1-4H3,(H,26,27,28). The summed E-state index contributed by atoms with van der Waals surface area (Å²) in [6.45, 7) is 10.6. The van der Waals surface area contributed by atoms with E-state index in [-0.39, 0.29) is 12.0 Å². The van der Waals surface area contributed by atoms with Crippen molar-refractivity contribution in [1.29, 1.82) is 0 Å². The third-order valence-electron chi connectivity index (χ3n) is 6.68. The summed E-state index contributed by atoms with van der Waals surface area (Å²) >= 11 is 0. The first-order valence-electron chi connectivity index (χ1n) is 11.4. The molecule has 1 N–H and O–H groups in total. The number of aryl methyl sites for hydroxylation is 2. The van der Waals surface area contributed by atoms with Gasteiger partial charge < -0.3 is 14.8 Å². The summed E-state index contributed by atoms with van der Waals surface area (Å²) in [6.07, 6.45) is 8.04. The molecule has 9 heteroatoms. The topological polar surface area (TPSA) is 102 Å². The van der Waals surface area contributed by atoms with E-state index >= 15 is 0 Å². The number of amides is 1. The molecule has 4 heterocycles. The van der Waals surface area contributed by atoms with Crippen molar-refractivity contribution in [2.75, 3.05) is 18.4 Å². The van der Waals surface area contributed by atoms with Crippen LogP contribution < -0.4 is 5.32 Å². The predicted molar refractivity (Wildman–Crippen MR) is 122 cm³/mol. The molecule has 3 aromatic heterocycles. The van der Waals surface area contributed by atoms with E-state index in [2.05, 4.69) is 50.6 Å². The molecule has 0 radical (unpaired) electrons. The molecule has 168 valence electrons. The van der Waals surface area contributed by atoms with Gasteiger partial charge in [0.1, 0.15) is 18.0 Å². The number of likely N-dealkylation sites (tertiary alicyclic amines) is 1. The van der Waals surface area contributed by atoms with E-state index in [1.807, 2.05) is 11.8 Å². The van der Waals surface area contributed by atoms with Crippen LogP contribution in [-0.4, -0.2) is 59.4 Å². The van der Waals surface area contributed by atoms with Crippen LogP contribution >= 0.6 is 0 Å². The van der Waals surface area contributed by atoms with Crippen LogP contribution in [0, 0.1) is 18.3 Å². The molecule has 32 heavy (non-hydrogen) atoms. The van der Waals surface area contributed by atoms with Gasteiger partial charge in [0.25, 0.3) is 0 Å². The number of anilines is 1. The van der Waals surface area contributed by atoms with Gasteiger partial charge in [0, 0.05) is 44.0 Å². The molecule has 1 saturated heterocycles. The Morgan fingerprint density at radius 2 is 1.94 bits per heavy atom. The van der Waals surface area contributed by atoms with Crippen molar-refractivity contribution in [3.63, 3.8) is 0 Å². The fourth-order valence-corrected chi connectivity index (χ4v) is 5.05. The van der Waals surface area contributed by atoms with Gasteiger partial charge in [-0.2, -0.15) is 0 Å². The lowest BCUT2D eigenvalue weighted by molar-refractivity contribution is -0.141. The van der Waals surface area contributed by atoms with Crippen molar-refractivity contribution in [3.8, 4) is 11.4 Å². The van der Waals surface area contributed by atoms with Crippen molar-refractivity contribution in [2.45, 2.75) is 59.5 Å². The Labute approximate surface area is 187 Å². The zero-order valence-corrected chi connectivity index (χ0v) is 19.2. The van der Waals surface area contributed by atoms with Crippen LogP contribution in [0.15, 0.2) is 18.7 Å². The van der Waals surface area contributed by atoms with Crippen LogP contribution in [0.5, 0.6) is 0 Å². The first-order valence-corrected chi connectivity index (χ1v) is 11.4. The summed E-state index contributed by atoms with van der Waals surface area (Å²) in [5.41, 5.74) is 2.67. The number of fused-ring (bicyclic) bond motifs is 1. The molecule has 0 spiro atoms. The van der Waals surface area contributed by atoms with Crippen molar-refractivity contribution < 1.29 is 4.79 Å². The highest BCUT2D eigenvalue weighted by atomic mass is 16.2. The summed E-state index contributed by atoms with van der Waals surface area (Å²) in [4.78, 5) is 37.3. The molecule has 1 aliphatic carbocycles. The Hall–Kier alpha value is -3.10. The van der Waals surface area contributed by atoms with Crippen LogP contribution in [0.1, 0.15) is 45.9 Å². The number of aromatic nitrogens is 6. The van der Waals surface area contributed by atoms with E-state index < -0.39 is 0 Å². The smallest absolute Gasteiger partial charge is 0.225 e. The molecule has 1 aliphatic heterocycles. The SMILES string of the molecule is CCn1c(-c2cnc(C)nc2)nc2c(NC3CCN(C(=O)C4CC(C)(C)C4)C3)ncnc21. The molecule has 0 aromatic carbocycles. The van der Waals surface area contributed by atoms with Crippen molar-refractivity contribution in [2.24, 2.45) is 11.3 Å². The van der Waals surface area contributed by atoms with E-state index in [9.17, 15) is 4.79 Å². The van der Waals surface area contributed by atoms with E-state index in [4.69, 9.17) is 4.98 Å². The first-order chi connectivity index (χ1) is 15.3. The van der Waals surface area contributed by atoms with Crippen molar-refractivity contribution in [1.82, 2.24) is 34.4 Å². The summed E-state index contributed by atoms with van der Waals surface area (Å²) in [5, 5.41) is 3.53. The molecule has 2 aliphatic rings. The van der Waals surface area contributed by atoms with E-state index in [1.165, 1.54) is 0 Å². The lowest BCUT2D eigenvalue weighted by Gasteiger charge is -2.43. The maximum absolute atomic E-state index is 12.8. The molecular formula is C23H30N8O. The Balaban J connectivity index is 1.36. The third-order valence-corrected chi connectivity index (χ3v) is 6.68. The molecule has 1 unspecified atom stereocenters. The van der Waals surface area contributed by atoms with E-state index in [1.54, 1.807) is 18.7 Å². The highest BCUT2D eigenvalue weighted by molar-refractivity contribution is 5.86. The maximum atomic E-state index is 12.8. The fraction of sp³-hybridized carbons (Fsp3) is 0.565. The number of carbonyl (C=O) groups excluding carboxylic acids is 1. The Bertz CT molecular complexity index is 1140. The largest absolute Gasteiger partial charge is 0.364 e. The van der Waals surface area contributed by atoms with Crippen molar-refractivity contribution >= 4 is 22.9 Å². The zero-order valence-electron chi connectivity index (χ0n) is 19.2. The lowest BCUT2D eigenvalue weighted by atomic mass is 9.64. The molecule has 0 bridgehead atoms. The highest BCUT2D eigenvalue weighted by Crippen LogP contribution is 2.45. The van der Waals surface area contributed by atoms with Gasteiger partial charge in [-0.1, -0.05) is 13.8 Å². The van der Waals surface area contributed by atoms with Gasteiger partial charge in [0.15, 0.2) is 17.0 Å². The monoisotopic (exact) mass is 434 g/mol.